The van der Waals surface area contributed by atoms with E-state index in [2.05, 4.69) is 35.4 Å². The van der Waals surface area contributed by atoms with E-state index in [1.807, 2.05) is 0 Å². The Morgan fingerprint density at radius 2 is 0.985 bits per heavy atom. The summed E-state index contributed by atoms with van der Waals surface area (Å²) < 4.78 is 144. The molecule has 0 saturated heterocycles. The number of H-pyrrole nitrogens is 1. The Kier molecular flexibility index (Phi) is 24.5. The molecule has 0 aliphatic carbocycles. The fourth-order valence-corrected chi connectivity index (χ4v) is 8.18. The molecule has 6 rings (SSSR count). The van der Waals surface area contributed by atoms with Gasteiger partial charge in [-0.05, 0) is 64.2 Å². The molecule has 1 heterocycles. The molecule has 1 aromatic heterocycles. The van der Waals surface area contributed by atoms with Gasteiger partial charge in [-0.25, -0.2) is 43.6 Å². The second-order valence-electron chi connectivity index (χ2n) is 11.6. The molecule has 332 valence electrons. The van der Waals surface area contributed by atoms with Crippen LogP contribution in [0.1, 0.15) is 0 Å². The van der Waals surface area contributed by atoms with Crippen molar-refractivity contribution in [3.63, 3.8) is 0 Å². The second-order valence-corrected chi connectivity index (χ2v) is 18.1. The minimum atomic E-state index is -5.77. The van der Waals surface area contributed by atoms with Gasteiger partial charge in [0.1, 0.15) is 45.5 Å². The van der Waals surface area contributed by atoms with Crippen molar-refractivity contribution in [3.05, 3.63) is 75.5 Å². The van der Waals surface area contributed by atoms with Crippen LogP contribution >= 0.6 is 34.8 Å². The number of azo groups is 2. The predicted molar refractivity (Wildman–Crippen MR) is 191 cm³/mol. The summed E-state index contributed by atoms with van der Waals surface area (Å²) in [4.78, 5) is 4.93. The van der Waals surface area contributed by atoms with E-state index in [-0.39, 0.29) is 158 Å². The van der Waals surface area contributed by atoms with E-state index in [0.29, 0.717) is 48.5 Å². The number of fused-ring (bicyclic) bond motifs is 2. The molecule has 0 unspecified atom stereocenters. The molecule has 0 spiro atoms. The summed E-state index contributed by atoms with van der Waals surface area (Å²) in [6.45, 7) is 0. The van der Waals surface area contributed by atoms with Crippen LogP contribution in [0.2, 0.25) is 15.5 Å². The second kappa shape index (κ2) is 24.7. The molecule has 0 bridgehead atoms. The van der Waals surface area contributed by atoms with Crippen molar-refractivity contribution in [1.82, 2.24) is 9.97 Å². The molecule has 0 amide bonds. The number of aromatic amines is 1. The van der Waals surface area contributed by atoms with Crippen molar-refractivity contribution < 1.29 is 225 Å². The molecule has 6 aromatic rings. The smallest absolute Gasteiger partial charge is 0.871 e. The summed E-state index contributed by atoms with van der Waals surface area (Å²) in [5.74, 6) is -5.12. The fourth-order valence-electron chi connectivity index (χ4n) is 5.25. The molecule has 2 radical (unpaired) electrons. The number of hydrogen-bond donors (Lipinski definition) is 1. The molecule has 5 aromatic carbocycles. The van der Waals surface area contributed by atoms with E-state index >= 15 is 0 Å². The zero-order valence-corrected chi connectivity index (χ0v) is 48.2. The molecule has 23 nitrogen and oxygen atoms in total. The third kappa shape index (κ3) is 14.3. The van der Waals surface area contributed by atoms with Gasteiger partial charge in [-0.3, -0.25) is 0 Å². The van der Waals surface area contributed by atoms with Crippen molar-refractivity contribution in [2.24, 2.45) is 25.4 Å². The van der Waals surface area contributed by atoms with Crippen LogP contribution in [0, 0.1) is 0 Å². The number of nitrogens with zero attached hydrogens (tertiary/aromatic N) is 6. The van der Waals surface area contributed by atoms with Crippen LogP contribution in [0.3, 0.4) is 0 Å². The normalized spacial score (nSPS) is 12.1. The Labute approximate surface area is 496 Å². The Morgan fingerprint density at radius 1 is 0.515 bits per heavy atom. The topological polar surface area (TPSA) is 412 Å². The fraction of sp³-hybridized carbons (Fsp3) is 0. The SMILES string of the molecule is O=S(=O)([O-])c1cc(N=Nc2cc(S(=O)(=O)[O-])c3c(N=Nc4cc(S(=O)(=O)[O-])c5cc(S(=O)(=O)[O-])ccc5c4[O-])c([O-])ccc3c2[O-])c([O-])c(N=c2[nH]c(Cl)nc(Cl)c2Cl)c1.[Cu+2].[Cu+2].[Na+].[Na+].[Na+].[Na+]. The van der Waals surface area contributed by atoms with Crippen LogP contribution in [0.5, 0.6) is 23.0 Å². The van der Waals surface area contributed by atoms with Gasteiger partial charge in [-0.15, -0.1) is 0 Å². The van der Waals surface area contributed by atoms with Crippen molar-refractivity contribution >= 4 is 125 Å². The summed E-state index contributed by atoms with van der Waals surface area (Å²) >= 11 is 17.7. The third-order valence-electron chi connectivity index (χ3n) is 7.84. The van der Waals surface area contributed by atoms with Crippen LogP contribution in [0.15, 0.2) is 99.6 Å². The Morgan fingerprint density at radius 3 is 1.52 bits per heavy atom. The van der Waals surface area contributed by atoms with Gasteiger partial charge in [0.2, 0.25) is 5.28 Å². The van der Waals surface area contributed by atoms with Crippen LogP contribution in [-0.2, 0) is 74.6 Å². The maximum Gasteiger partial charge on any atom is 2.00 e. The quantitative estimate of drug-likeness (QED) is 0.0462. The minimum absolute atomic E-state index is 0. The number of benzene rings is 5. The van der Waals surface area contributed by atoms with Crippen LogP contribution < -0.4 is 144 Å². The maximum absolute atomic E-state index is 13.6. The summed E-state index contributed by atoms with van der Waals surface area (Å²) in [6.07, 6.45) is 0. The summed E-state index contributed by atoms with van der Waals surface area (Å²) in [6, 6.07) is 4.56. The first-order valence-corrected chi connectivity index (χ1v) is 21.9. The van der Waals surface area contributed by atoms with E-state index in [0.717, 1.165) is 0 Å². The van der Waals surface area contributed by atoms with E-state index < -0.39 is 154 Å². The van der Waals surface area contributed by atoms with Crippen molar-refractivity contribution in [2.75, 3.05) is 0 Å². The van der Waals surface area contributed by atoms with Gasteiger partial charge in [-0.1, -0.05) is 64.4 Å². The van der Waals surface area contributed by atoms with Crippen molar-refractivity contribution in [2.45, 2.75) is 19.6 Å². The largest absolute Gasteiger partial charge is 2.00 e. The summed E-state index contributed by atoms with van der Waals surface area (Å²) in [5.41, 5.74) is -5.48. The predicted octanol–water partition coefficient (Wildman–Crippen LogP) is -9.34. The van der Waals surface area contributed by atoms with Gasteiger partial charge in [0.25, 0.3) is 0 Å². The van der Waals surface area contributed by atoms with Crippen molar-refractivity contribution in [3.8, 4) is 23.0 Å². The number of rotatable bonds is 9. The van der Waals surface area contributed by atoms with Gasteiger partial charge in [0, 0.05) is 5.39 Å². The molecule has 0 aliphatic rings. The molecular formula is C30H10Cl3Cu2N7Na4O16S4. The van der Waals surface area contributed by atoms with E-state index in [9.17, 15) is 72.3 Å². The van der Waals surface area contributed by atoms with Gasteiger partial charge >= 0.3 is 152 Å². The monoisotopic (exact) mass is 1170 g/mol. The molecule has 0 fully saturated rings. The number of nitrogens with one attached hydrogen (secondary N) is 1. The van der Waals surface area contributed by atoms with Crippen LogP contribution in [-0.4, -0.2) is 61.9 Å². The van der Waals surface area contributed by atoms with Crippen LogP contribution in [0.4, 0.5) is 28.4 Å². The zero-order chi connectivity index (χ0) is 44.4. The Bertz CT molecular complexity index is 3510. The van der Waals surface area contributed by atoms with Crippen molar-refractivity contribution in [1.29, 1.82) is 0 Å². The molecule has 36 heteroatoms. The van der Waals surface area contributed by atoms with E-state index in [1.54, 1.807) is 0 Å². The average molecular weight is 1180 g/mol. The Hall–Kier alpha value is -0.551. The molecule has 66 heavy (non-hydrogen) atoms. The van der Waals surface area contributed by atoms with Gasteiger partial charge in [-0.2, -0.15) is 20.5 Å². The van der Waals surface area contributed by atoms with Crippen LogP contribution in [0.25, 0.3) is 21.5 Å². The first-order valence-electron chi connectivity index (χ1n) is 15.1. The van der Waals surface area contributed by atoms with E-state index in [1.165, 1.54) is 0 Å². The molecule has 0 atom stereocenters. The first kappa shape index (κ1) is 65.4. The zero-order valence-electron chi connectivity index (χ0n) is 32.8. The number of hydrogen-bond acceptors (Lipinski definition) is 22. The maximum atomic E-state index is 13.6. The average Bonchev–Trinajstić information content (AvgIpc) is 3.12. The summed E-state index contributed by atoms with van der Waals surface area (Å²) in [5, 5.41) is 62.5. The molecule has 0 aliphatic heterocycles. The Balaban J connectivity index is 0.00000704. The summed E-state index contributed by atoms with van der Waals surface area (Å²) in [7, 11) is -21.9. The van der Waals surface area contributed by atoms with Gasteiger partial charge < -0.3 is 43.6 Å². The number of aromatic nitrogens is 2. The molecular weight excluding hydrogens is 1170 g/mol. The standard InChI is InChI=1S/C30H18Cl3N7O16S4.2Cu.4Na/c31-23-28(32)35-30(33)36-29(23)34-15-6-11(58(48,49)50)7-16(27(15)44)37-38-18-9-21(60(54,55)56)22-13(26(18)43)3-4-19(41)24(22)40-39-17-8-20(59(51,52)53)14-5-10(57(45,46)47)1-2-12(14)25(17)42;;;;;;/h1-9,41-44H,(H,34,35,36)(H,45,46,47)(H,48,49,50)(H,51,52,53)(H,54,55,56);;;;;;/q;2*+2;4*+1/p-8. The van der Waals surface area contributed by atoms with Gasteiger partial charge in [0.15, 0.2) is 10.6 Å². The minimum Gasteiger partial charge on any atom is -0.871 e. The first-order chi connectivity index (χ1) is 27.7. The number of halogens is 3. The molecule has 0 saturated carbocycles. The van der Waals surface area contributed by atoms with E-state index in [4.69, 9.17) is 34.8 Å². The molecule has 1 N–H and O–H groups in total. The van der Waals surface area contributed by atoms with Gasteiger partial charge in [0.05, 0.1) is 48.0 Å². The third-order valence-corrected chi connectivity index (χ3v) is 12.1.